The van der Waals surface area contributed by atoms with Crippen LogP contribution in [-0.2, 0) is 4.79 Å². The monoisotopic (exact) mass is 268 g/mol. The van der Waals surface area contributed by atoms with Crippen molar-refractivity contribution in [3.63, 3.8) is 0 Å². The van der Waals surface area contributed by atoms with Gasteiger partial charge in [-0.15, -0.1) is 0 Å². The number of carbonyl (C=O) groups is 1. The number of piperazine rings is 1. The van der Waals surface area contributed by atoms with E-state index in [4.69, 9.17) is 5.73 Å². The zero-order chi connectivity index (χ0) is 14.0. The Morgan fingerprint density at radius 3 is 2.32 bits per heavy atom. The van der Waals surface area contributed by atoms with Crippen molar-refractivity contribution >= 4 is 5.91 Å². The molecule has 2 rings (SSSR count). The lowest BCUT2D eigenvalue weighted by Crippen LogP contribution is -2.63. The van der Waals surface area contributed by atoms with Crippen LogP contribution in [0.3, 0.4) is 0 Å². The Morgan fingerprint density at radius 1 is 1.32 bits per heavy atom. The van der Waals surface area contributed by atoms with Gasteiger partial charge in [0.05, 0.1) is 0 Å². The predicted octanol–water partition coefficient (Wildman–Crippen LogP) is 0.00840. The lowest BCUT2D eigenvalue weighted by molar-refractivity contribution is -0.125. The Morgan fingerprint density at radius 2 is 1.89 bits per heavy atom. The van der Waals surface area contributed by atoms with Gasteiger partial charge in [-0.2, -0.15) is 0 Å². The van der Waals surface area contributed by atoms with E-state index < -0.39 is 5.54 Å². The first-order valence-electron chi connectivity index (χ1n) is 7.45. The molecule has 5 heteroatoms. The highest BCUT2D eigenvalue weighted by Gasteiger charge is 2.36. The van der Waals surface area contributed by atoms with Gasteiger partial charge in [0.25, 0.3) is 0 Å². The molecule has 1 unspecified atom stereocenters. The number of hydrogen-bond acceptors (Lipinski definition) is 4. The summed E-state index contributed by atoms with van der Waals surface area (Å²) in [5, 5.41) is 3.32. The number of hydrogen-bond donors (Lipinski definition) is 2. The summed E-state index contributed by atoms with van der Waals surface area (Å²) in [5.74, 6) is -0.258. The Labute approximate surface area is 116 Å². The molecular formula is C14H28N4O. The first-order chi connectivity index (χ1) is 8.90. The van der Waals surface area contributed by atoms with Crippen LogP contribution in [-0.4, -0.2) is 66.1 Å². The van der Waals surface area contributed by atoms with Crippen molar-refractivity contribution in [3.8, 4) is 0 Å². The number of primary amides is 1. The van der Waals surface area contributed by atoms with Crippen molar-refractivity contribution in [2.45, 2.75) is 51.2 Å². The molecule has 1 heterocycles. The van der Waals surface area contributed by atoms with Crippen LogP contribution in [0.5, 0.6) is 0 Å². The number of rotatable bonds is 6. The van der Waals surface area contributed by atoms with Gasteiger partial charge in [0.1, 0.15) is 5.54 Å². The second-order valence-electron chi connectivity index (χ2n) is 6.54. The van der Waals surface area contributed by atoms with Crippen LogP contribution < -0.4 is 11.1 Å². The fourth-order valence-electron chi connectivity index (χ4n) is 3.01. The van der Waals surface area contributed by atoms with Crippen molar-refractivity contribution in [1.29, 1.82) is 0 Å². The summed E-state index contributed by atoms with van der Waals surface area (Å²) in [6.45, 7) is 11.1. The van der Waals surface area contributed by atoms with Crippen molar-refractivity contribution in [3.05, 3.63) is 0 Å². The van der Waals surface area contributed by atoms with E-state index in [2.05, 4.69) is 15.1 Å². The van der Waals surface area contributed by atoms with Crippen LogP contribution in [0.25, 0.3) is 0 Å². The number of nitrogens with zero attached hydrogens (tertiary/aromatic N) is 2. The van der Waals surface area contributed by atoms with E-state index in [9.17, 15) is 4.79 Å². The number of nitrogens with one attached hydrogen (secondary N) is 1. The molecule has 1 atom stereocenters. The van der Waals surface area contributed by atoms with E-state index in [0.717, 1.165) is 32.2 Å². The van der Waals surface area contributed by atoms with Crippen molar-refractivity contribution in [2.24, 2.45) is 5.73 Å². The van der Waals surface area contributed by atoms with Crippen molar-refractivity contribution < 1.29 is 4.79 Å². The van der Waals surface area contributed by atoms with Gasteiger partial charge in [-0.05, 0) is 33.6 Å². The van der Waals surface area contributed by atoms with Gasteiger partial charge < -0.3 is 11.1 Å². The molecule has 3 N–H and O–H groups in total. The molecule has 1 saturated carbocycles. The lowest BCUT2D eigenvalue weighted by Gasteiger charge is -2.40. The number of amides is 1. The molecule has 5 nitrogen and oxygen atoms in total. The maximum atomic E-state index is 11.7. The van der Waals surface area contributed by atoms with Crippen LogP contribution in [0, 0.1) is 0 Å². The van der Waals surface area contributed by atoms with E-state index in [0.29, 0.717) is 6.54 Å². The quantitative estimate of drug-likeness (QED) is 0.712. The first kappa shape index (κ1) is 14.8. The second-order valence-corrected chi connectivity index (χ2v) is 6.54. The smallest absolute Gasteiger partial charge is 0.238 e. The molecule has 0 aromatic rings. The molecule has 0 aromatic carbocycles. The minimum atomic E-state index is -0.629. The molecular weight excluding hydrogens is 240 g/mol. The topological polar surface area (TPSA) is 61.6 Å². The third-order valence-corrected chi connectivity index (χ3v) is 4.16. The maximum Gasteiger partial charge on any atom is 0.238 e. The van der Waals surface area contributed by atoms with Crippen molar-refractivity contribution in [2.75, 3.05) is 32.7 Å². The molecule has 0 aromatic heterocycles. The molecule has 1 aliphatic carbocycles. The summed E-state index contributed by atoms with van der Waals surface area (Å²) >= 11 is 0. The van der Waals surface area contributed by atoms with Crippen LogP contribution >= 0.6 is 0 Å². The summed E-state index contributed by atoms with van der Waals surface area (Å²) in [7, 11) is 0. The summed E-state index contributed by atoms with van der Waals surface area (Å²) in [6.07, 6.45) is 2.74. The fraction of sp³-hybridized carbons (Fsp3) is 0.929. The largest absolute Gasteiger partial charge is 0.368 e. The predicted molar refractivity (Wildman–Crippen MR) is 76.9 cm³/mol. The second kappa shape index (κ2) is 5.77. The van der Waals surface area contributed by atoms with Gasteiger partial charge in [0.15, 0.2) is 0 Å². The third kappa shape index (κ3) is 3.91. The average molecular weight is 268 g/mol. The number of carbonyl (C=O) groups excluding carboxylic acids is 1. The maximum absolute atomic E-state index is 11.7. The van der Waals surface area contributed by atoms with E-state index in [1.807, 2.05) is 20.8 Å². The molecule has 2 fully saturated rings. The minimum absolute atomic E-state index is 0.255. The van der Waals surface area contributed by atoms with E-state index in [1.165, 1.54) is 12.8 Å². The highest BCUT2D eigenvalue weighted by Crippen LogP contribution is 2.27. The van der Waals surface area contributed by atoms with Gasteiger partial charge in [0.2, 0.25) is 5.91 Å². The number of nitrogens with two attached hydrogens (primary N) is 1. The van der Waals surface area contributed by atoms with Crippen LogP contribution in [0.15, 0.2) is 0 Å². The zero-order valence-corrected chi connectivity index (χ0v) is 12.5. The zero-order valence-electron chi connectivity index (χ0n) is 12.5. The van der Waals surface area contributed by atoms with Gasteiger partial charge >= 0.3 is 0 Å². The molecule has 0 bridgehead atoms. The first-order valence-corrected chi connectivity index (χ1v) is 7.45. The van der Waals surface area contributed by atoms with Gasteiger partial charge in [-0.1, -0.05) is 0 Å². The normalized spacial score (nSPS) is 25.5. The highest BCUT2D eigenvalue weighted by molar-refractivity contribution is 5.84. The van der Waals surface area contributed by atoms with E-state index >= 15 is 0 Å². The summed E-state index contributed by atoms with van der Waals surface area (Å²) < 4.78 is 0. The van der Waals surface area contributed by atoms with Crippen molar-refractivity contribution in [1.82, 2.24) is 15.1 Å². The molecule has 1 aliphatic heterocycles. The van der Waals surface area contributed by atoms with E-state index in [-0.39, 0.29) is 11.9 Å². The Balaban J connectivity index is 1.85. The van der Waals surface area contributed by atoms with Crippen LogP contribution in [0.4, 0.5) is 0 Å². The molecule has 1 saturated heterocycles. The molecule has 0 radical (unpaired) electrons. The molecule has 1 amide bonds. The molecule has 2 aliphatic rings. The molecule has 0 spiro atoms. The standard InChI is InChI=1S/C14H28N4O/c1-11(2)16-14(3,13(15)19)10-17-6-8-18(9-7-17)12-4-5-12/h11-12,16H,4-10H2,1-3H3,(H2,15,19). The van der Waals surface area contributed by atoms with Crippen LogP contribution in [0.1, 0.15) is 33.6 Å². The molecule has 110 valence electrons. The van der Waals surface area contributed by atoms with Gasteiger partial charge in [-0.3, -0.25) is 14.6 Å². The highest BCUT2D eigenvalue weighted by atomic mass is 16.1. The Bertz CT molecular complexity index is 321. The average Bonchev–Trinajstić information content (AvgIpc) is 3.12. The fourth-order valence-corrected chi connectivity index (χ4v) is 3.01. The van der Waals surface area contributed by atoms with Gasteiger partial charge in [-0.25, -0.2) is 0 Å². The molecule has 19 heavy (non-hydrogen) atoms. The lowest BCUT2D eigenvalue weighted by atomic mass is 9.99. The van der Waals surface area contributed by atoms with Gasteiger partial charge in [0, 0.05) is 44.8 Å². The Hall–Kier alpha value is -0.650. The summed E-state index contributed by atoms with van der Waals surface area (Å²) in [4.78, 5) is 16.7. The third-order valence-electron chi connectivity index (χ3n) is 4.16. The Kier molecular flexibility index (Phi) is 4.48. The van der Waals surface area contributed by atoms with Crippen LogP contribution in [0.2, 0.25) is 0 Å². The minimum Gasteiger partial charge on any atom is -0.368 e. The SMILES string of the molecule is CC(C)NC(C)(CN1CCN(C2CC2)CC1)C(N)=O. The summed E-state index contributed by atoms with van der Waals surface area (Å²) in [5.41, 5.74) is 4.95. The van der Waals surface area contributed by atoms with E-state index in [1.54, 1.807) is 0 Å². The summed E-state index contributed by atoms with van der Waals surface area (Å²) in [6, 6.07) is 1.10.